The van der Waals surface area contributed by atoms with Crippen molar-refractivity contribution < 1.29 is 18.0 Å². The minimum Gasteiger partial charge on any atom is -0.354 e. The number of benzene rings is 3. The van der Waals surface area contributed by atoms with Gasteiger partial charge in [-0.3, -0.25) is 13.9 Å². The molecule has 2 amide bonds. The number of anilines is 1. The molecule has 0 heterocycles. The second-order valence-electron chi connectivity index (χ2n) is 10.3. The minimum atomic E-state index is -4.21. The summed E-state index contributed by atoms with van der Waals surface area (Å²) in [6.45, 7) is 9.39. The topological polar surface area (TPSA) is 86.8 Å². The summed E-state index contributed by atoms with van der Waals surface area (Å²) < 4.78 is 28.8. The van der Waals surface area contributed by atoms with Gasteiger partial charge in [0.2, 0.25) is 11.8 Å². The van der Waals surface area contributed by atoms with Gasteiger partial charge in [-0.25, -0.2) is 8.42 Å². The number of aryl methyl sites for hydroxylation is 2. The molecule has 0 aromatic heterocycles. The molecule has 0 radical (unpaired) electrons. The molecule has 0 aliphatic rings. The highest BCUT2D eigenvalue weighted by Gasteiger charge is 2.33. The van der Waals surface area contributed by atoms with Crippen molar-refractivity contribution in [2.24, 2.45) is 5.92 Å². The predicted molar refractivity (Wildman–Crippen MR) is 161 cm³/mol. The number of nitrogens with one attached hydrogen (secondary N) is 1. The summed E-state index contributed by atoms with van der Waals surface area (Å²) in [4.78, 5) is 28.4. The van der Waals surface area contributed by atoms with E-state index in [0.717, 1.165) is 21.0 Å². The fourth-order valence-corrected chi connectivity index (χ4v) is 5.89. The lowest BCUT2D eigenvalue weighted by atomic mass is 10.1. The van der Waals surface area contributed by atoms with Crippen LogP contribution in [-0.4, -0.2) is 44.3 Å². The molecule has 10 heteroatoms. The molecule has 0 aliphatic heterocycles. The number of rotatable bonds is 11. The van der Waals surface area contributed by atoms with Gasteiger partial charge in [-0.1, -0.05) is 84.6 Å². The Labute approximate surface area is 247 Å². The highest BCUT2D eigenvalue weighted by atomic mass is 35.5. The first-order chi connectivity index (χ1) is 18.8. The maximum Gasteiger partial charge on any atom is 0.264 e. The van der Waals surface area contributed by atoms with Gasteiger partial charge >= 0.3 is 0 Å². The van der Waals surface area contributed by atoms with Crippen LogP contribution in [0, 0.1) is 19.8 Å². The van der Waals surface area contributed by atoms with Crippen molar-refractivity contribution >= 4 is 50.7 Å². The zero-order valence-corrected chi connectivity index (χ0v) is 25.6. The van der Waals surface area contributed by atoms with E-state index in [9.17, 15) is 18.0 Å². The maximum atomic E-state index is 14.0. The third kappa shape index (κ3) is 8.22. The minimum absolute atomic E-state index is 0.00908. The Bertz CT molecular complexity index is 1420. The molecular formula is C30H35Cl2N3O4S. The van der Waals surface area contributed by atoms with Crippen LogP contribution in [0.5, 0.6) is 0 Å². The number of nitrogens with zero attached hydrogens (tertiary/aromatic N) is 2. The van der Waals surface area contributed by atoms with Crippen LogP contribution >= 0.6 is 23.2 Å². The van der Waals surface area contributed by atoms with Gasteiger partial charge in [0.25, 0.3) is 10.0 Å². The normalized spacial score (nSPS) is 12.2. The summed E-state index contributed by atoms with van der Waals surface area (Å²) in [7, 11) is -4.21. The highest BCUT2D eigenvalue weighted by molar-refractivity contribution is 7.92. The monoisotopic (exact) mass is 603 g/mol. The van der Waals surface area contributed by atoms with E-state index in [4.69, 9.17) is 23.2 Å². The second-order valence-corrected chi connectivity index (χ2v) is 13.0. The average molecular weight is 605 g/mol. The number of carbonyl (C=O) groups is 2. The molecule has 0 saturated heterocycles. The van der Waals surface area contributed by atoms with Gasteiger partial charge in [-0.15, -0.1) is 0 Å². The lowest BCUT2D eigenvalue weighted by Crippen LogP contribution is -2.51. The van der Waals surface area contributed by atoms with Gasteiger partial charge in [0.05, 0.1) is 10.6 Å². The number of carbonyl (C=O) groups excluding carboxylic acids is 2. The van der Waals surface area contributed by atoms with Crippen LogP contribution in [0.2, 0.25) is 10.0 Å². The zero-order chi connectivity index (χ0) is 29.6. The molecule has 0 aliphatic carbocycles. The van der Waals surface area contributed by atoms with E-state index >= 15 is 0 Å². The molecule has 7 nitrogen and oxygen atoms in total. The van der Waals surface area contributed by atoms with E-state index in [1.165, 1.54) is 35.2 Å². The average Bonchev–Trinajstić information content (AvgIpc) is 2.89. The van der Waals surface area contributed by atoms with E-state index in [0.29, 0.717) is 6.54 Å². The van der Waals surface area contributed by atoms with Crippen LogP contribution in [-0.2, 0) is 26.2 Å². The molecule has 0 fully saturated rings. The van der Waals surface area contributed by atoms with Gasteiger partial charge in [0.15, 0.2) is 0 Å². The second kappa shape index (κ2) is 13.5. The van der Waals surface area contributed by atoms with Crippen molar-refractivity contribution in [1.29, 1.82) is 0 Å². The summed E-state index contributed by atoms with van der Waals surface area (Å²) in [5, 5.41) is 3.31. The van der Waals surface area contributed by atoms with Crippen LogP contribution in [0.3, 0.4) is 0 Å². The Morgan fingerprint density at radius 1 is 0.850 bits per heavy atom. The van der Waals surface area contributed by atoms with Gasteiger partial charge in [0.1, 0.15) is 12.6 Å². The fourth-order valence-electron chi connectivity index (χ4n) is 3.97. The lowest BCUT2D eigenvalue weighted by Gasteiger charge is -2.32. The quantitative estimate of drug-likeness (QED) is 0.291. The highest BCUT2D eigenvalue weighted by Crippen LogP contribution is 2.30. The van der Waals surface area contributed by atoms with Crippen LogP contribution in [0.15, 0.2) is 71.6 Å². The molecule has 1 N–H and O–H groups in total. The smallest absolute Gasteiger partial charge is 0.264 e. The van der Waals surface area contributed by atoms with Gasteiger partial charge in [0, 0.05) is 23.1 Å². The van der Waals surface area contributed by atoms with Gasteiger partial charge in [-0.2, -0.15) is 0 Å². The molecule has 40 heavy (non-hydrogen) atoms. The molecule has 1 unspecified atom stereocenters. The molecule has 3 rings (SSSR count). The lowest BCUT2D eigenvalue weighted by molar-refractivity contribution is -0.139. The predicted octanol–water partition coefficient (Wildman–Crippen LogP) is 6.00. The Morgan fingerprint density at radius 3 is 1.90 bits per heavy atom. The van der Waals surface area contributed by atoms with Crippen LogP contribution in [0.4, 0.5) is 5.69 Å². The molecule has 3 aromatic rings. The van der Waals surface area contributed by atoms with Crippen molar-refractivity contribution in [1.82, 2.24) is 10.2 Å². The van der Waals surface area contributed by atoms with Gasteiger partial charge < -0.3 is 10.2 Å². The van der Waals surface area contributed by atoms with Crippen molar-refractivity contribution in [3.8, 4) is 0 Å². The Hall–Kier alpha value is -3.07. The molecule has 0 saturated carbocycles. The van der Waals surface area contributed by atoms with E-state index in [-0.39, 0.29) is 39.0 Å². The first-order valence-electron chi connectivity index (χ1n) is 13.0. The van der Waals surface area contributed by atoms with Crippen molar-refractivity contribution in [2.75, 3.05) is 17.4 Å². The molecule has 0 bridgehead atoms. The van der Waals surface area contributed by atoms with Crippen molar-refractivity contribution in [2.45, 2.75) is 52.1 Å². The van der Waals surface area contributed by atoms with Crippen LogP contribution in [0.25, 0.3) is 0 Å². The summed E-state index contributed by atoms with van der Waals surface area (Å²) >= 11 is 12.5. The third-order valence-corrected chi connectivity index (χ3v) is 8.57. The number of sulfonamides is 1. The van der Waals surface area contributed by atoms with E-state index in [2.05, 4.69) is 5.32 Å². The van der Waals surface area contributed by atoms with Crippen molar-refractivity contribution in [3.63, 3.8) is 0 Å². The van der Waals surface area contributed by atoms with Crippen LogP contribution in [0.1, 0.15) is 37.5 Å². The first kappa shape index (κ1) is 31.5. The molecule has 214 valence electrons. The maximum absolute atomic E-state index is 14.0. The number of amides is 2. The largest absolute Gasteiger partial charge is 0.354 e. The van der Waals surface area contributed by atoms with Crippen LogP contribution < -0.4 is 9.62 Å². The molecule has 0 spiro atoms. The summed E-state index contributed by atoms with van der Waals surface area (Å²) in [6, 6.07) is 17.4. The standard InChI is InChI=1S/C30H35Cl2N3O4S/c1-20(2)17-33-30(37)23(5)34(18-24-10-6-21(3)7-11-24)29(36)19-35(27-15-25(31)14-26(32)16-27)40(38,39)28-12-8-22(4)9-13-28/h6-16,20,23H,17-19H2,1-5H3,(H,33,37). The summed E-state index contributed by atoms with van der Waals surface area (Å²) in [6.07, 6.45) is 0. The van der Waals surface area contributed by atoms with Gasteiger partial charge in [-0.05, 0) is 62.6 Å². The molecular weight excluding hydrogens is 569 g/mol. The number of hydrogen-bond donors (Lipinski definition) is 1. The number of halogens is 2. The van der Waals surface area contributed by atoms with E-state index in [1.54, 1.807) is 19.1 Å². The van der Waals surface area contributed by atoms with E-state index in [1.807, 2.05) is 52.0 Å². The summed E-state index contributed by atoms with van der Waals surface area (Å²) in [5.74, 6) is -0.660. The fraction of sp³-hybridized carbons (Fsp3) is 0.333. The summed E-state index contributed by atoms with van der Waals surface area (Å²) in [5.41, 5.74) is 2.88. The zero-order valence-electron chi connectivity index (χ0n) is 23.3. The molecule has 3 aromatic carbocycles. The van der Waals surface area contributed by atoms with Crippen molar-refractivity contribution in [3.05, 3.63) is 93.5 Å². The Balaban J connectivity index is 2.04. The van der Waals surface area contributed by atoms with E-state index < -0.39 is 28.5 Å². The Kier molecular flexibility index (Phi) is 10.6. The Morgan fingerprint density at radius 2 is 1.38 bits per heavy atom. The third-order valence-electron chi connectivity index (χ3n) is 6.35. The SMILES string of the molecule is Cc1ccc(CN(C(=O)CN(c2cc(Cl)cc(Cl)c2)S(=O)(=O)c2ccc(C)cc2)C(C)C(=O)NCC(C)C)cc1. The number of hydrogen-bond acceptors (Lipinski definition) is 4. The first-order valence-corrected chi connectivity index (χ1v) is 15.2. The molecule has 1 atom stereocenters.